The molecule has 0 unspecified atom stereocenters. The van der Waals surface area contributed by atoms with Crippen molar-refractivity contribution in [3.63, 3.8) is 0 Å². The average molecular weight is 759 g/mol. The molecule has 240 valence electrons. The van der Waals surface area contributed by atoms with Crippen molar-refractivity contribution in [3.8, 4) is 11.1 Å². The van der Waals surface area contributed by atoms with Crippen LogP contribution >= 0.6 is 0 Å². The van der Waals surface area contributed by atoms with Gasteiger partial charge in [0.25, 0.3) is 0 Å². The Hall–Kier alpha value is -4.52. The van der Waals surface area contributed by atoms with Crippen LogP contribution in [-0.4, -0.2) is 3.21 Å². The molecule has 0 spiro atoms. The fraction of sp³-hybridized carbons (Fsp3) is 0.0213. The Kier molecular flexibility index (Phi) is 11.3. The molecule has 9 aromatic rings. The molecule has 0 aromatic heterocycles. The zero-order valence-electron chi connectivity index (χ0n) is 27.3. The normalized spacial score (nSPS) is 10.9. The summed E-state index contributed by atoms with van der Waals surface area (Å²) in [6.07, 6.45) is 1.02. The minimum atomic E-state index is 0. The van der Waals surface area contributed by atoms with E-state index < -0.39 is 0 Å². The van der Waals surface area contributed by atoms with Crippen LogP contribution in [0.4, 0.5) is 0 Å². The van der Waals surface area contributed by atoms with Gasteiger partial charge in [-0.15, -0.1) is 40.6 Å². The smallest absolute Gasteiger partial charge is 0.0240 e. The van der Waals surface area contributed by atoms with Crippen LogP contribution in [0, 0.1) is 6.07 Å². The Morgan fingerprint density at radius 3 is 1.68 bits per heavy atom. The third-order valence-corrected chi connectivity index (χ3v) is 10.7. The Labute approximate surface area is 320 Å². The zero-order chi connectivity index (χ0) is 32.3. The molecule has 0 saturated carbocycles. The topological polar surface area (TPSA) is 0 Å². The summed E-state index contributed by atoms with van der Waals surface area (Å²) in [4.78, 5) is 0. The SMILES string of the molecule is [Cl-].[Cl-].[Zr+2]=[C](c1ccc2ccccc2c1)c1ccc2ccccc2c1.[c-]1cccc2c1c1c(c3ccccc32)-c2ccccc2C1.c1cc[cH-]c1. The predicted molar refractivity (Wildman–Crippen MR) is 202 cm³/mol. The second kappa shape index (κ2) is 16.0. The predicted octanol–water partition coefficient (Wildman–Crippen LogP) is 5.89. The maximum atomic E-state index is 3.48. The first-order valence-electron chi connectivity index (χ1n) is 16.4. The standard InChI is InChI=1S/C21H13.C21H14.C5H5.2ClH.Zr/c1-2-8-15-14(7-1)13-20-18-11-4-3-9-16(18)17-10-5-6-12-19(17)21(15)20;1-3-7-20-14-16(9-11-18(20)5-1)13-17-10-12-19-6-2-4-8-21(19)15-17;1-2-4-5-3-1;;;/h1-10,12H,13H2;1-12,14-15H;1-5H;2*1H;/q-1;;-1;;;+2/p-2. The van der Waals surface area contributed by atoms with Crippen LogP contribution in [0.5, 0.6) is 0 Å². The summed E-state index contributed by atoms with van der Waals surface area (Å²) in [5.74, 6) is 0. The van der Waals surface area contributed by atoms with E-state index in [0.717, 1.165) is 6.42 Å². The Morgan fingerprint density at radius 2 is 1.06 bits per heavy atom. The number of fused-ring (bicyclic) bond motifs is 10. The van der Waals surface area contributed by atoms with Crippen molar-refractivity contribution in [2.24, 2.45) is 0 Å². The van der Waals surface area contributed by atoms with Gasteiger partial charge in [0, 0.05) is 0 Å². The molecule has 0 radical (unpaired) electrons. The van der Waals surface area contributed by atoms with Gasteiger partial charge < -0.3 is 24.8 Å². The van der Waals surface area contributed by atoms with Gasteiger partial charge in [0.15, 0.2) is 0 Å². The molecule has 1 aliphatic carbocycles. The Bertz CT molecular complexity index is 2470. The maximum absolute atomic E-state index is 3.48. The summed E-state index contributed by atoms with van der Waals surface area (Å²) < 4.78 is 1.41. The summed E-state index contributed by atoms with van der Waals surface area (Å²) >= 11 is 1.44. The van der Waals surface area contributed by atoms with E-state index in [1.807, 2.05) is 36.4 Å². The van der Waals surface area contributed by atoms with E-state index >= 15 is 0 Å². The number of rotatable bonds is 2. The van der Waals surface area contributed by atoms with E-state index in [2.05, 4.69) is 152 Å². The molecule has 9 aromatic carbocycles. The summed E-state index contributed by atoms with van der Waals surface area (Å²) in [5, 5.41) is 10.5. The van der Waals surface area contributed by atoms with E-state index in [4.69, 9.17) is 0 Å². The molecule has 1 aliphatic rings. The van der Waals surface area contributed by atoms with Crippen LogP contribution in [0.1, 0.15) is 22.3 Å². The van der Waals surface area contributed by atoms with Gasteiger partial charge in [0.05, 0.1) is 0 Å². The van der Waals surface area contributed by atoms with Crippen LogP contribution in [0.15, 0.2) is 182 Å². The monoisotopic (exact) mass is 756 g/mol. The van der Waals surface area contributed by atoms with Gasteiger partial charge in [-0.1, -0.05) is 53.9 Å². The van der Waals surface area contributed by atoms with Crippen molar-refractivity contribution in [3.05, 3.63) is 210 Å². The fourth-order valence-electron chi connectivity index (χ4n) is 6.90. The molecule has 0 N–H and O–H groups in total. The summed E-state index contributed by atoms with van der Waals surface area (Å²) in [6, 6.07) is 67.9. The molecule has 0 fully saturated rings. The van der Waals surface area contributed by atoms with Crippen molar-refractivity contribution in [1.29, 1.82) is 0 Å². The molecule has 0 bridgehead atoms. The molecule has 50 heavy (non-hydrogen) atoms. The largest absolute Gasteiger partial charge is 0.214 e. The Morgan fingerprint density at radius 1 is 0.520 bits per heavy atom. The van der Waals surface area contributed by atoms with Gasteiger partial charge >= 0.3 is 145 Å². The molecule has 10 rings (SSSR count). The number of hydrogen-bond donors (Lipinski definition) is 0. The molecular formula is C47H32Cl2Zr-2. The Balaban J connectivity index is 0.000000147. The van der Waals surface area contributed by atoms with E-state index in [0.29, 0.717) is 0 Å². The molecule has 0 amide bonds. The van der Waals surface area contributed by atoms with Crippen molar-refractivity contribution in [2.75, 3.05) is 0 Å². The second-order valence-corrected chi connectivity index (χ2v) is 13.4. The molecule has 0 aliphatic heterocycles. The van der Waals surface area contributed by atoms with Crippen LogP contribution in [0.25, 0.3) is 54.2 Å². The molecule has 0 saturated heterocycles. The van der Waals surface area contributed by atoms with E-state index in [1.54, 1.807) is 0 Å². The van der Waals surface area contributed by atoms with E-state index in [9.17, 15) is 0 Å². The van der Waals surface area contributed by atoms with Gasteiger partial charge in [-0.3, -0.25) is 0 Å². The molecule has 0 atom stereocenters. The summed E-state index contributed by atoms with van der Waals surface area (Å²) in [5.41, 5.74) is 8.33. The van der Waals surface area contributed by atoms with Crippen molar-refractivity contribution >= 4 is 46.3 Å². The summed E-state index contributed by atoms with van der Waals surface area (Å²) in [7, 11) is 0. The van der Waals surface area contributed by atoms with Crippen LogP contribution in [0.3, 0.4) is 0 Å². The third kappa shape index (κ3) is 7.05. The first kappa shape index (κ1) is 35.3. The summed E-state index contributed by atoms with van der Waals surface area (Å²) in [6.45, 7) is 0. The fourth-order valence-corrected chi connectivity index (χ4v) is 7.67. The first-order chi connectivity index (χ1) is 23.7. The molecule has 0 nitrogen and oxygen atoms in total. The molecule has 0 heterocycles. The van der Waals surface area contributed by atoms with Gasteiger partial charge in [-0.2, -0.15) is 18.2 Å². The minimum Gasteiger partial charge on any atom is -0.214 e. The number of benzene rings is 8. The van der Waals surface area contributed by atoms with E-state index in [1.165, 1.54) is 104 Å². The number of halogens is 2. The van der Waals surface area contributed by atoms with Crippen molar-refractivity contribution < 1.29 is 49.0 Å². The average Bonchev–Trinajstić information content (AvgIpc) is 3.88. The van der Waals surface area contributed by atoms with Crippen molar-refractivity contribution in [2.45, 2.75) is 6.42 Å². The van der Waals surface area contributed by atoms with Crippen LogP contribution < -0.4 is 24.8 Å². The second-order valence-electron chi connectivity index (χ2n) is 12.2. The minimum absolute atomic E-state index is 0. The van der Waals surface area contributed by atoms with Gasteiger partial charge in [-0.25, -0.2) is 12.1 Å². The van der Waals surface area contributed by atoms with E-state index in [-0.39, 0.29) is 24.8 Å². The van der Waals surface area contributed by atoms with Crippen LogP contribution in [-0.2, 0) is 30.7 Å². The number of hydrogen-bond acceptors (Lipinski definition) is 0. The molecular weight excluding hydrogens is 727 g/mol. The first-order valence-corrected chi connectivity index (χ1v) is 17.6. The third-order valence-electron chi connectivity index (χ3n) is 9.23. The van der Waals surface area contributed by atoms with Gasteiger partial charge in [-0.05, 0) is 28.5 Å². The van der Waals surface area contributed by atoms with Gasteiger partial charge in [0.2, 0.25) is 0 Å². The molecule has 3 heteroatoms. The quantitative estimate of drug-likeness (QED) is 0.153. The van der Waals surface area contributed by atoms with Gasteiger partial charge in [0.1, 0.15) is 0 Å². The van der Waals surface area contributed by atoms with Crippen LogP contribution in [0.2, 0.25) is 0 Å². The maximum Gasteiger partial charge on any atom is -0.0240 e. The zero-order valence-corrected chi connectivity index (χ0v) is 31.3. The van der Waals surface area contributed by atoms with Crippen molar-refractivity contribution in [1.82, 2.24) is 0 Å².